The molecule has 1 aromatic heterocycles. The van der Waals surface area contributed by atoms with Crippen molar-refractivity contribution in [3.05, 3.63) is 65.9 Å². The van der Waals surface area contributed by atoms with Gasteiger partial charge in [-0.2, -0.15) is 5.10 Å². The second-order valence-electron chi connectivity index (χ2n) is 10.1. The van der Waals surface area contributed by atoms with E-state index < -0.39 is 0 Å². The van der Waals surface area contributed by atoms with Crippen LogP contribution in [0.1, 0.15) is 58.7 Å². The third-order valence-electron chi connectivity index (χ3n) is 6.05. The zero-order chi connectivity index (χ0) is 27.0. The number of ether oxygens (including phenoxy) is 1. The molecule has 0 atom stereocenters. The van der Waals surface area contributed by atoms with Crippen molar-refractivity contribution in [2.75, 3.05) is 30.8 Å². The van der Waals surface area contributed by atoms with E-state index in [9.17, 15) is 9.59 Å². The highest BCUT2D eigenvalue weighted by atomic mass is 16.5. The van der Waals surface area contributed by atoms with Crippen LogP contribution >= 0.6 is 0 Å². The van der Waals surface area contributed by atoms with Gasteiger partial charge in [-0.05, 0) is 54.8 Å². The third kappa shape index (κ3) is 7.59. The van der Waals surface area contributed by atoms with Crippen molar-refractivity contribution in [1.82, 2.24) is 14.7 Å². The average Bonchev–Trinajstić information content (AvgIpc) is 3.30. The van der Waals surface area contributed by atoms with Crippen molar-refractivity contribution < 1.29 is 14.3 Å². The summed E-state index contributed by atoms with van der Waals surface area (Å²) in [7, 11) is 1.62. The number of aryl methyl sites for hydroxylation is 1. The number of nitrogens with one attached hydrogen (secondary N) is 2. The van der Waals surface area contributed by atoms with Gasteiger partial charge >= 0.3 is 6.03 Å². The summed E-state index contributed by atoms with van der Waals surface area (Å²) in [6, 6.07) is 16.8. The van der Waals surface area contributed by atoms with Gasteiger partial charge in [-0.25, -0.2) is 9.48 Å². The summed E-state index contributed by atoms with van der Waals surface area (Å²) in [4.78, 5) is 27.8. The number of urea groups is 1. The molecule has 0 saturated heterocycles. The maximum atomic E-state index is 13.2. The van der Waals surface area contributed by atoms with E-state index >= 15 is 0 Å². The zero-order valence-corrected chi connectivity index (χ0v) is 22.8. The molecule has 3 aromatic rings. The lowest BCUT2D eigenvalue weighted by Crippen LogP contribution is -2.41. The Kier molecular flexibility index (Phi) is 9.33. The lowest BCUT2D eigenvalue weighted by atomic mass is 9.92. The molecule has 198 valence electrons. The molecule has 2 aromatic carbocycles. The molecular weight excluding hydrogens is 466 g/mol. The van der Waals surface area contributed by atoms with Crippen LogP contribution in [-0.4, -0.2) is 46.8 Å². The van der Waals surface area contributed by atoms with E-state index in [1.165, 1.54) is 0 Å². The molecule has 37 heavy (non-hydrogen) atoms. The topological polar surface area (TPSA) is 88.5 Å². The molecule has 0 fully saturated rings. The molecule has 3 rings (SSSR count). The Morgan fingerprint density at radius 1 is 1.03 bits per heavy atom. The number of rotatable bonds is 10. The molecule has 0 bridgehead atoms. The van der Waals surface area contributed by atoms with Gasteiger partial charge in [0.25, 0.3) is 0 Å². The summed E-state index contributed by atoms with van der Waals surface area (Å²) in [5.74, 6) is 0.995. The normalized spacial score (nSPS) is 11.2. The van der Waals surface area contributed by atoms with Gasteiger partial charge in [0.2, 0.25) is 5.91 Å². The molecule has 2 N–H and O–H groups in total. The predicted molar refractivity (Wildman–Crippen MR) is 149 cm³/mol. The Morgan fingerprint density at radius 3 is 2.38 bits per heavy atom. The number of hydrogen-bond acceptors (Lipinski definition) is 4. The van der Waals surface area contributed by atoms with E-state index in [2.05, 4.69) is 45.3 Å². The van der Waals surface area contributed by atoms with Crippen LogP contribution in [0.3, 0.4) is 0 Å². The van der Waals surface area contributed by atoms with Gasteiger partial charge in [-0.15, -0.1) is 0 Å². The molecule has 0 unspecified atom stereocenters. The van der Waals surface area contributed by atoms with Gasteiger partial charge in [0.15, 0.2) is 0 Å². The number of unbranched alkanes of at least 4 members (excludes halogenated alkanes) is 1. The average molecular weight is 506 g/mol. The number of nitrogens with zero attached hydrogens (tertiary/aromatic N) is 3. The number of carbonyl (C=O) groups is 2. The first kappa shape index (κ1) is 27.8. The number of aromatic nitrogens is 2. The van der Waals surface area contributed by atoms with Crippen molar-refractivity contribution in [3.63, 3.8) is 0 Å². The van der Waals surface area contributed by atoms with Gasteiger partial charge in [-0.1, -0.05) is 53.2 Å². The number of hydrogen-bond donors (Lipinski definition) is 2. The summed E-state index contributed by atoms with van der Waals surface area (Å²) in [6.45, 7) is 10.8. The Bertz CT molecular complexity index is 1190. The van der Waals surface area contributed by atoms with Crippen LogP contribution in [-0.2, 0) is 16.6 Å². The fourth-order valence-electron chi connectivity index (χ4n) is 3.79. The van der Waals surface area contributed by atoms with Gasteiger partial charge in [-0.3, -0.25) is 4.79 Å². The van der Waals surface area contributed by atoms with E-state index in [1.54, 1.807) is 16.7 Å². The number of amides is 3. The van der Waals surface area contributed by atoms with Gasteiger partial charge in [0.1, 0.15) is 18.1 Å². The Labute approximate surface area is 220 Å². The number of anilines is 2. The van der Waals surface area contributed by atoms with Gasteiger partial charge in [0, 0.05) is 23.7 Å². The first-order valence-electron chi connectivity index (χ1n) is 12.8. The lowest BCUT2D eigenvalue weighted by molar-refractivity contribution is -0.116. The monoisotopic (exact) mass is 505 g/mol. The number of benzene rings is 2. The van der Waals surface area contributed by atoms with Crippen LogP contribution in [0.15, 0.2) is 54.6 Å². The van der Waals surface area contributed by atoms with Crippen LogP contribution in [0.4, 0.5) is 16.3 Å². The molecule has 8 heteroatoms. The van der Waals surface area contributed by atoms with Crippen molar-refractivity contribution in [1.29, 1.82) is 0 Å². The highest BCUT2D eigenvalue weighted by Crippen LogP contribution is 2.27. The Hall–Kier alpha value is -3.81. The molecular formula is C29H39N5O3. The lowest BCUT2D eigenvalue weighted by Gasteiger charge is -2.23. The number of carbonyl (C=O) groups excluding carboxylic acids is 2. The third-order valence-corrected chi connectivity index (χ3v) is 6.05. The van der Waals surface area contributed by atoms with E-state index in [-0.39, 0.29) is 23.9 Å². The minimum atomic E-state index is -0.295. The van der Waals surface area contributed by atoms with Crippen molar-refractivity contribution in [2.45, 2.75) is 59.3 Å². The van der Waals surface area contributed by atoms with Crippen LogP contribution in [0.2, 0.25) is 0 Å². The quantitative estimate of drug-likeness (QED) is 0.353. The van der Waals surface area contributed by atoms with E-state index in [1.807, 2.05) is 54.6 Å². The first-order valence-corrected chi connectivity index (χ1v) is 12.8. The standard InChI is InChI=1S/C29H39N5O3/c1-7-9-17-33(28(36)30-22-12-10-11-21(8-2)18-22)20-27(35)31-26-19-25(29(3,4)5)32-34(26)23-13-15-24(37-6)16-14-23/h10-16,18-19H,7-9,17,20H2,1-6H3,(H,30,36)(H,31,35). The molecule has 3 amide bonds. The predicted octanol–water partition coefficient (Wildman–Crippen LogP) is 6.01. The van der Waals surface area contributed by atoms with Gasteiger partial charge in [0.05, 0.1) is 18.5 Å². The van der Waals surface area contributed by atoms with Crippen LogP contribution in [0.5, 0.6) is 5.75 Å². The Morgan fingerprint density at radius 2 is 1.76 bits per heavy atom. The molecule has 0 radical (unpaired) electrons. The van der Waals surface area contributed by atoms with Crippen LogP contribution in [0.25, 0.3) is 5.69 Å². The Balaban J connectivity index is 1.80. The fourth-order valence-corrected chi connectivity index (χ4v) is 3.79. The minimum Gasteiger partial charge on any atom is -0.497 e. The van der Waals surface area contributed by atoms with Crippen molar-refractivity contribution >= 4 is 23.4 Å². The van der Waals surface area contributed by atoms with Crippen molar-refractivity contribution in [3.8, 4) is 11.4 Å². The summed E-state index contributed by atoms with van der Waals surface area (Å²) in [6.07, 6.45) is 2.59. The summed E-state index contributed by atoms with van der Waals surface area (Å²) >= 11 is 0. The molecule has 0 aliphatic rings. The minimum absolute atomic E-state index is 0.0715. The SMILES string of the molecule is CCCCN(CC(=O)Nc1cc(C(C)(C)C)nn1-c1ccc(OC)cc1)C(=O)Nc1cccc(CC)c1. The maximum absolute atomic E-state index is 13.2. The zero-order valence-electron chi connectivity index (χ0n) is 22.8. The summed E-state index contributed by atoms with van der Waals surface area (Å²) in [5.41, 5.74) is 3.28. The molecule has 8 nitrogen and oxygen atoms in total. The second-order valence-corrected chi connectivity index (χ2v) is 10.1. The van der Waals surface area contributed by atoms with Gasteiger partial charge < -0.3 is 20.3 Å². The molecule has 0 saturated carbocycles. The maximum Gasteiger partial charge on any atom is 0.322 e. The van der Waals surface area contributed by atoms with Crippen molar-refractivity contribution in [2.24, 2.45) is 0 Å². The molecule has 0 aliphatic heterocycles. The molecule has 0 aliphatic carbocycles. The first-order chi connectivity index (χ1) is 17.6. The fraction of sp³-hybridized carbons (Fsp3) is 0.414. The molecule has 0 spiro atoms. The summed E-state index contributed by atoms with van der Waals surface area (Å²) < 4.78 is 6.98. The highest BCUT2D eigenvalue weighted by molar-refractivity contribution is 5.96. The van der Waals surface area contributed by atoms with Crippen LogP contribution in [0, 0.1) is 0 Å². The summed E-state index contributed by atoms with van der Waals surface area (Å²) in [5, 5.41) is 10.7. The largest absolute Gasteiger partial charge is 0.497 e. The highest BCUT2D eigenvalue weighted by Gasteiger charge is 2.23. The second kappa shape index (κ2) is 12.4. The smallest absolute Gasteiger partial charge is 0.322 e. The number of methoxy groups -OCH3 is 1. The molecule has 1 heterocycles. The van der Waals surface area contributed by atoms with E-state index in [4.69, 9.17) is 9.84 Å². The van der Waals surface area contributed by atoms with E-state index in [0.717, 1.165) is 47.6 Å². The van der Waals surface area contributed by atoms with E-state index in [0.29, 0.717) is 12.4 Å². The van der Waals surface area contributed by atoms with Crippen LogP contribution < -0.4 is 15.4 Å².